The van der Waals surface area contributed by atoms with Crippen LogP contribution in [-0.2, 0) is 6.42 Å². The highest BCUT2D eigenvalue weighted by Crippen LogP contribution is 2.21. The van der Waals surface area contributed by atoms with E-state index in [4.69, 9.17) is 23.2 Å². The number of alkyl halides is 1. The van der Waals surface area contributed by atoms with Gasteiger partial charge in [0, 0.05) is 16.0 Å². The molecule has 0 bridgehead atoms. The summed E-state index contributed by atoms with van der Waals surface area (Å²) in [6, 6.07) is 4.71. The summed E-state index contributed by atoms with van der Waals surface area (Å²) in [6.07, 6.45) is 1.33. The Hall–Kier alpha value is -0.270. The van der Waals surface area contributed by atoms with Gasteiger partial charge in [-0.05, 0) is 31.9 Å². The van der Waals surface area contributed by atoms with Crippen molar-refractivity contribution >= 4 is 23.2 Å². The van der Waals surface area contributed by atoms with E-state index in [-0.39, 0.29) is 11.2 Å². The third-order valence-electron chi connectivity index (χ3n) is 1.85. The normalized spacial score (nSPS) is 12.9. The van der Waals surface area contributed by atoms with E-state index in [1.54, 1.807) is 12.1 Å². The second kappa shape index (κ2) is 4.83. The molecular weight excluding hydrogens is 210 g/mol. The van der Waals surface area contributed by atoms with E-state index in [0.717, 1.165) is 6.42 Å². The topological polar surface area (TPSA) is 0 Å². The summed E-state index contributed by atoms with van der Waals surface area (Å²) >= 11 is 11.6. The molecule has 13 heavy (non-hydrogen) atoms. The molecule has 0 fully saturated rings. The Kier molecular flexibility index (Phi) is 4.01. The second-order valence-corrected chi connectivity index (χ2v) is 4.17. The van der Waals surface area contributed by atoms with Gasteiger partial charge in [0.05, 0.1) is 0 Å². The molecule has 0 N–H and O–H groups in total. The number of rotatable bonds is 3. The largest absolute Gasteiger partial charge is 0.207 e. The molecule has 3 heteroatoms. The maximum absolute atomic E-state index is 13.2. The average Bonchev–Trinajstić information content (AvgIpc) is 2.03. The fraction of sp³-hybridized carbons (Fsp3) is 0.400. The summed E-state index contributed by atoms with van der Waals surface area (Å²) in [5.41, 5.74) is 0.566. The lowest BCUT2D eigenvalue weighted by atomic mass is 10.1. The van der Waals surface area contributed by atoms with Gasteiger partial charge >= 0.3 is 0 Å². The summed E-state index contributed by atoms with van der Waals surface area (Å²) in [7, 11) is 0. The summed E-state index contributed by atoms with van der Waals surface area (Å²) in [4.78, 5) is 0. The van der Waals surface area contributed by atoms with Crippen molar-refractivity contribution in [2.24, 2.45) is 0 Å². The average molecular weight is 221 g/mol. The zero-order valence-electron chi connectivity index (χ0n) is 7.36. The van der Waals surface area contributed by atoms with Crippen molar-refractivity contribution in [1.82, 2.24) is 0 Å². The van der Waals surface area contributed by atoms with Gasteiger partial charge in [0.1, 0.15) is 5.82 Å². The molecule has 1 atom stereocenters. The van der Waals surface area contributed by atoms with Crippen molar-refractivity contribution in [1.29, 1.82) is 0 Å². The zero-order chi connectivity index (χ0) is 9.84. The third-order valence-corrected chi connectivity index (χ3v) is 2.43. The Morgan fingerprint density at radius 2 is 2.15 bits per heavy atom. The second-order valence-electron chi connectivity index (χ2n) is 3.02. The van der Waals surface area contributed by atoms with Crippen LogP contribution in [0.5, 0.6) is 0 Å². The monoisotopic (exact) mass is 220 g/mol. The number of hydrogen-bond acceptors (Lipinski definition) is 0. The Labute approximate surface area is 87.7 Å². The maximum atomic E-state index is 13.2. The van der Waals surface area contributed by atoms with Gasteiger partial charge in [-0.25, -0.2) is 4.39 Å². The van der Waals surface area contributed by atoms with E-state index in [2.05, 4.69) is 0 Å². The van der Waals surface area contributed by atoms with E-state index in [9.17, 15) is 4.39 Å². The number of benzene rings is 1. The van der Waals surface area contributed by atoms with Crippen LogP contribution in [0.15, 0.2) is 18.2 Å². The van der Waals surface area contributed by atoms with Crippen LogP contribution >= 0.6 is 23.2 Å². The van der Waals surface area contributed by atoms with Gasteiger partial charge in [-0.2, -0.15) is 0 Å². The lowest BCUT2D eigenvalue weighted by molar-refractivity contribution is 0.604. The van der Waals surface area contributed by atoms with Gasteiger partial charge in [0.25, 0.3) is 0 Å². The molecule has 0 aliphatic rings. The first kappa shape index (κ1) is 10.8. The Morgan fingerprint density at radius 3 is 2.69 bits per heavy atom. The minimum absolute atomic E-state index is 0.0515. The highest BCUT2D eigenvalue weighted by atomic mass is 35.5. The van der Waals surface area contributed by atoms with Crippen LogP contribution in [-0.4, -0.2) is 5.38 Å². The lowest BCUT2D eigenvalue weighted by Crippen LogP contribution is -1.97. The van der Waals surface area contributed by atoms with Crippen molar-refractivity contribution in [3.8, 4) is 0 Å². The molecule has 1 unspecified atom stereocenters. The lowest BCUT2D eigenvalue weighted by Gasteiger charge is -2.06. The highest BCUT2D eigenvalue weighted by Gasteiger charge is 2.07. The van der Waals surface area contributed by atoms with Gasteiger partial charge < -0.3 is 0 Å². The van der Waals surface area contributed by atoms with E-state index < -0.39 is 0 Å². The number of hydrogen-bond donors (Lipinski definition) is 0. The minimum Gasteiger partial charge on any atom is -0.207 e. The molecule has 0 heterocycles. The Morgan fingerprint density at radius 1 is 1.46 bits per heavy atom. The molecule has 0 aromatic heterocycles. The first-order valence-corrected chi connectivity index (χ1v) is 4.99. The van der Waals surface area contributed by atoms with Crippen molar-refractivity contribution in [3.05, 3.63) is 34.6 Å². The summed E-state index contributed by atoms with van der Waals surface area (Å²) in [5.74, 6) is -0.246. The van der Waals surface area contributed by atoms with Gasteiger partial charge in [0.2, 0.25) is 0 Å². The predicted molar refractivity (Wildman–Crippen MR) is 55.0 cm³/mol. The van der Waals surface area contributed by atoms with Crippen LogP contribution in [0.2, 0.25) is 5.02 Å². The molecule has 0 saturated carbocycles. The zero-order valence-corrected chi connectivity index (χ0v) is 8.87. The van der Waals surface area contributed by atoms with E-state index in [1.165, 1.54) is 6.07 Å². The quantitative estimate of drug-likeness (QED) is 0.675. The molecule has 0 radical (unpaired) electrons. The van der Waals surface area contributed by atoms with Crippen LogP contribution in [0.3, 0.4) is 0 Å². The molecule has 0 amide bonds. The summed E-state index contributed by atoms with van der Waals surface area (Å²) in [5, 5.41) is 0.535. The smallest absolute Gasteiger partial charge is 0.127 e. The van der Waals surface area contributed by atoms with Gasteiger partial charge in [-0.3, -0.25) is 0 Å². The Bertz CT molecular complexity index is 264. The van der Waals surface area contributed by atoms with Crippen LogP contribution in [0.25, 0.3) is 0 Å². The highest BCUT2D eigenvalue weighted by molar-refractivity contribution is 6.31. The molecular formula is C10H11Cl2F. The van der Waals surface area contributed by atoms with Crippen LogP contribution in [0, 0.1) is 5.82 Å². The van der Waals surface area contributed by atoms with Gasteiger partial charge in [-0.1, -0.05) is 17.7 Å². The molecule has 1 aromatic rings. The Balaban J connectivity index is 2.75. The van der Waals surface area contributed by atoms with E-state index in [1.807, 2.05) is 6.92 Å². The number of halogens is 3. The van der Waals surface area contributed by atoms with Crippen molar-refractivity contribution in [3.63, 3.8) is 0 Å². The standard InChI is InChI=1S/C10H11Cl2F/c1-7(11)5-6-8-9(12)3-2-4-10(8)13/h2-4,7H,5-6H2,1H3. The fourth-order valence-corrected chi connectivity index (χ4v) is 1.48. The summed E-state index contributed by atoms with van der Waals surface area (Å²) in [6.45, 7) is 1.89. The molecule has 0 saturated heterocycles. The van der Waals surface area contributed by atoms with Crippen LogP contribution in [0.1, 0.15) is 18.9 Å². The molecule has 0 aliphatic carbocycles. The van der Waals surface area contributed by atoms with Crippen LogP contribution < -0.4 is 0 Å². The fourth-order valence-electron chi connectivity index (χ4n) is 1.11. The minimum atomic E-state index is -0.246. The predicted octanol–water partition coefficient (Wildman–Crippen LogP) is 4.04. The van der Waals surface area contributed by atoms with Gasteiger partial charge in [-0.15, -0.1) is 11.6 Å². The van der Waals surface area contributed by atoms with Gasteiger partial charge in [0.15, 0.2) is 0 Å². The van der Waals surface area contributed by atoms with Crippen molar-refractivity contribution in [2.45, 2.75) is 25.1 Å². The van der Waals surface area contributed by atoms with Crippen molar-refractivity contribution in [2.75, 3.05) is 0 Å². The molecule has 72 valence electrons. The SMILES string of the molecule is CC(Cl)CCc1c(F)cccc1Cl. The molecule has 1 rings (SSSR count). The molecule has 0 spiro atoms. The maximum Gasteiger partial charge on any atom is 0.127 e. The van der Waals surface area contributed by atoms with Crippen LogP contribution in [0.4, 0.5) is 4.39 Å². The molecule has 1 aromatic carbocycles. The first-order chi connectivity index (χ1) is 6.11. The molecule has 0 aliphatic heterocycles. The van der Waals surface area contributed by atoms with E-state index in [0.29, 0.717) is 17.0 Å². The van der Waals surface area contributed by atoms with E-state index >= 15 is 0 Å². The first-order valence-electron chi connectivity index (χ1n) is 4.18. The van der Waals surface area contributed by atoms with Crippen molar-refractivity contribution < 1.29 is 4.39 Å². The summed E-state index contributed by atoms with van der Waals surface area (Å²) < 4.78 is 13.2. The third kappa shape index (κ3) is 3.17. The molecule has 0 nitrogen and oxygen atoms in total.